The highest BCUT2D eigenvalue weighted by molar-refractivity contribution is 8.01. The van der Waals surface area contributed by atoms with E-state index in [9.17, 15) is 9.59 Å². The van der Waals surface area contributed by atoms with Crippen LogP contribution in [0.1, 0.15) is 17.3 Å². The topological polar surface area (TPSA) is 119 Å². The zero-order chi connectivity index (χ0) is 20.6. The monoisotopic (exact) mass is 468 g/mol. The van der Waals surface area contributed by atoms with Crippen molar-refractivity contribution in [3.05, 3.63) is 29.8 Å². The molecule has 0 spiro atoms. The molecule has 2 heterocycles. The molecule has 0 aliphatic heterocycles. The number of amides is 2. The van der Waals surface area contributed by atoms with Gasteiger partial charge in [-0.15, -0.1) is 20.4 Å². The number of nitrogens with one attached hydrogen (secondary N) is 2. The number of rotatable bonds is 9. The number of ether oxygens (including phenoxy) is 1. The predicted octanol–water partition coefficient (Wildman–Crippen LogP) is 3.49. The third kappa shape index (κ3) is 6.13. The molecule has 0 radical (unpaired) electrons. The van der Waals surface area contributed by atoms with Gasteiger partial charge in [-0.1, -0.05) is 65.3 Å². The van der Waals surface area contributed by atoms with E-state index in [0.717, 1.165) is 10.1 Å². The molecule has 0 unspecified atom stereocenters. The number of methoxy groups -OCH3 is 1. The van der Waals surface area contributed by atoms with Crippen LogP contribution in [0.25, 0.3) is 0 Å². The molecule has 0 aliphatic rings. The van der Waals surface area contributed by atoms with Crippen molar-refractivity contribution in [1.82, 2.24) is 20.4 Å². The van der Waals surface area contributed by atoms with Gasteiger partial charge in [0.2, 0.25) is 16.2 Å². The summed E-state index contributed by atoms with van der Waals surface area (Å²) in [7, 11) is 1.50. The molecular weight excluding hydrogens is 452 g/mol. The Labute approximate surface area is 183 Å². The Kier molecular flexibility index (Phi) is 7.80. The quantitative estimate of drug-likeness (QED) is 0.359. The van der Waals surface area contributed by atoms with Gasteiger partial charge in [-0.25, -0.2) is 0 Å². The summed E-state index contributed by atoms with van der Waals surface area (Å²) in [5.74, 6) is 0.952. The van der Waals surface area contributed by atoms with Crippen molar-refractivity contribution < 1.29 is 14.3 Å². The molecule has 1 aromatic carbocycles. The molecule has 2 N–H and O–H groups in total. The van der Waals surface area contributed by atoms with Gasteiger partial charge in [0.15, 0.2) is 8.68 Å². The highest BCUT2D eigenvalue weighted by Crippen LogP contribution is 2.28. The maximum Gasteiger partial charge on any atom is 0.261 e. The van der Waals surface area contributed by atoms with Gasteiger partial charge in [0.25, 0.3) is 5.91 Å². The Hall–Kier alpha value is -2.22. The van der Waals surface area contributed by atoms with Gasteiger partial charge >= 0.3 is 0 Å². The third-order valence-electron chi connectivity index (χ3n) is 3.23. The number of aromatic nitrogens is 4. The van der Waals surface area contributed by atoms with Crippen molar-refractivity contribution in [1.29, 1.82) is 0 Å². The first-order valence-corrected chi connectivity index (χ1v) is 11.9. The molecule has 0 atom stereocenters. The minimum absolute atomic E-state index is 0.144. The number of nitrogens with zero attached hydrogens (tertiary/aromatic N) is 4. The van der Waals surface area contributed by atoms with Crippen molar-refractivity contribution in [2.75, 3.05) is 29.2 Å². The fraction of sp³-hybridized carbons (Fsp3) is 0.250. The Bertz CT molecular complexity index is 992. The minimum Gasteiger partial charge on any atom is -0.496 e. The summed E-state index contributed by atoms with van der Waals surface area (Å²) in [6, 6.07) is 6.90. The number of thioether (sulfide) groups is 2. The molecule has 0 fully saturated rings. The number of para-hydroxylation sites is 1. The van der Waals surface area contributed by atoms with E-state index < -0.39 is 0 Å². The van der Waals surface area contributed by atoms with E-state index in [1.807, 2.05) is 6.92 Å². The largest absolute Gasteiger partial charge is 0.496 e. The lowest BCUT2D eigenvalue weighted by molar-refractivity contribution is -0.113. The zero-order valence-electron chi connectivity index (χ0n) is 15.4. The zero-order valence-corrected chi connectivity index (χ0v) is 18.6. The second-order valence-corrected chi connectivity index (χ2v) is 9.86. The molecule has 0 bridgehead atoms. The molecule has 0 aliphatic carbocycles. The fourth-order valence-electron chi connectivity index (χ4n) is 2.04. The fourth-order valence-corrected chi connectivity index (χ4v) is 5.25. The van der Waals surface area contributed by atoms with E-state index in [-0.39, 0.29) is 17.6 Å². The standard InChI is InChI=1S/C16H16N6O3S4/c1-3-26-15-21-19-13(28-15)17-11(23)8-27-16-22-20-14(29-16)18-12(24)9-6-4-5-7-10(9)25-2/h4-7H,3,8H2,1-2H3,(H,17,19,23)(H,18,20,24). The average Bonchev–Trinajstić information content (AvgIpc) is 3.36. The molecular formula is C16H16N6O3S4. The van der Waals surface area contributed by atoms with Crippen LogP contribution >= 0.6 is 46.2 Å². The van der Waals surface area contributed by atoms with Crippen LogP contribution in [0.3, 0.4) is 0 Å². The molecule has 2 amide bonds. The average molecular weight is 469 g/mol. The van der Waals surface area contributed by atoms with Crippen molar-refractivity contribution in [3.8, 4) is 5.75 Å². The predicted molar refractivity (Wildman–Crippen MR) is 117 cm³/mol. The molecule has 0 saturated heterocycles. The lowest BCUT2D eigenvalue weighted by Gasteiger charge is -2.06. The summed E-state index contributed by atoms with van der Waals surface area (Å²) in [5.41, 5.74) is 0.399. The number of benzene rings is 1. The normalized spacial score (nSPS) is 10.6. The van der Waals surface area contributed by atoms with E-state index in [0.29, 0.717) is 25.9 Å². The summed E-state index contributed by atoms with van der Waals surface area (Å²) in [5, 5.41) is 22.1. The van der Waals surface area contributed by atoms with E-state index in [4.69, 9.17) is 4.74 Å². The van der Waals surface area contributed by atoms with Crippen molar-refractivity contribution in [2.24, 2.45) is 0 Å². The van der Waals surface area contributed by atoms with Crippen LogP contribution in [0.15, 0.2) is 32.9 Å². The summed E-state index contributed by atoms with van der Waals surface area (Å²) >= 11 is 5.32. The van der Waals surface area contributed by atoms with E-state index in [1.54, 1.807) is 36.0 Å². The van der Waals surface area contributed by atoms with Crippen LogP contribution in [0.2, 0.25) is 0 Å². The lowest BCUT2D eigenvalue weighted by Crippen LogP contribution is -2.13. The molecule has 0 saturated carbocycles. The summed E-state index contributed by atoms with van der Waals surface area (Å²) in [6.07, 6.45) is 0. The van der Waals surface area contributed by atoms with Crippen molar-refractivity contribution >= 4 is 68.3 Å². The highest BCUT2D eigenvalue weighted by atomic mass is 32.2. The smallest absolute Gasteiger partial charge is 0.261 e. The molecule has 9 nitrogen and oxygen atoms in total. The minimum atomic E-state index is -0.343. The van der Waals surface area contributed by atoms with Gasteiger partial charge in [-0.3, -0.25) is 20.2 Å². The van der Waals surface area contributed by atoms with Crippen molar-refractivity contribution in [2.45, 2.75) is 15.6 Å². The maximum atomic E-state index is 12.4. The lowest BCUT2D eigenvalue weighted by atomic mass is 10.2. The first-order valence-electron chi connectivity index (χ1n) is 8.26. The molecule has 152 valence electrons. The van der Waals surface area contributed by atoms with E-state index in [1.165, 1.54) is 41.5 Å². The Balaban J connectivity index is 1.50. The molecule has 3 aromatic rings. The van der Waals surface area contributed by atoms with Crippen LogP contribution < -0.4 is 15.4 Å². The second-order valence-electron chi connectivity index (χ2n) is 5.17. The number of hydrogen-bond acceptors (Lipinski definition) is 11. The Morgan fingerprint density at radius 2 is 1.66 bits per heavy atom. The number of hydrogen-bond donors (Lipinski definition) is 2. The third-order valence-corrected chi connectivity index (χ3v) is 7.05. The SMILES string of the molecule is CCSc1nnc(NC(=O)CSc2nnc(NC(=O)c3ccccc3OC)s2)s1. The van der Waals surface area contributed by atoms with Gasteiger partial charge in [0.1, 0.15) is 5.75 Å². The number of anilines is 2. The van der Waals surface area contributed by atoms with Crippen LogP contribution in [-0.4, -0.2) is 50.8 Å². The van der Waals surface area contributed by atoms with Crippen LogP contribution in [0.4, 0.5) is 10.3 Å². The van der Waals surface area contributed by atoms with Gasteiger partial charge in [0, 0.05) is 0 Å². The van der Waals surface area contributed by atoms with Gasteiger partial charge in [-0.05, 0) is 17.9 Å². The van der Waals surface area contributed by atoms with Gasteiger partial charge in [-0.2, -0.15) is 0 Å². The first-order chi connectivity index (χ1) is 14.1. The van der Waals surface area contributed by atoms with Crippen LogP contribution in [-0.2, 0) is 4.79 Å². The number of carbonyl (C=O) groups excluding carboxylic acids is 2. The van der Waals surface area contributed by atoms with Crippen LogP contribution in [0.5, 0.6) is 5.75 Å². The Morgan fingerprint density at radius 1 is 1.00 bits per heavy atom. The molecule has 2 aromatic heterocycles. The first kappa shape index (κ1) is 21.5. The molecule has 3 rings (SSSR count). The Morgan fingerprint density at radius 3 is 2.34 bits per heavy atom. The van der Waals surface area contributed by atoms with Gasteiger partial charge in [0.05, 0.1) is 18.4 Å². The summed E-state index contributed by atoms with van der Waals surface area (Å²) in [6.45, 7) is 2.02. The number of carbonyl (C=O) groups is 2. The van der Waals surface area contributed by atoms with E-state index in [2.05, 4.69) is 31.0 Å². The van der Waals surface area contributed by atoms with Gasteiger partial charge < -0.3 is 4.74 Å². The summed E-state index contributed by atoms with van der Waals surface area (Å²) < 4.78 is 6.57. The summed E-state index contributed by atoms with van der Waals surface area (Å²) in [4.78, 5) is 24.5. The highest BCUT2D eigenvalue weighted by Gasteiger charge is 2.15. The molecule has 13 heteroatoms. The maximum absolute atomic E-state index is 12.4. The second kappa shape index (κ2) is 10.5. The molecule has 29 heavy (non-hydrogen) atoms. The van der Waals surface area contributed by atoms with Crippen molar-refractivity contribution in [3.63, 3.8) is 0 Å². The van der Waals surface area contributed by atoms with E-state index >= 15 is 0 Å². The van der Waals surface area contributed by atoms with Crippen LogP contribution in [0, 0.1) is 0 Å².